The van der Waals surface area contributed by atoms with E-state index >= 15 is 0 Å². The van der Waals surface area contributed by atoms with Gasteiger partial charge in [-0.05, 0) is 82.2 Å². The average Bonchev–Trinajstić information content (AvgIpc) is 3.38. The van der Waals surface area contributed by atoms with Crippen LogP contribution in [0.15, 0.2) is 81.7 Å². The average molecular weight is 559 g/mol. The third-order valence-electron chi connectivity index (χ3n) is 7.26. The van der Waals surface area contributed by atoms with E-state index in [1.807, 2.05) is 57.2 Å². The number of nitrogens with zero attached hydrogens (tertiary/aromatic N) is 4. The molecule has 5 rings (SSSR count). The highest BCUT2D eigenvalue weighted by molar-refractivity contribution is 7.07. The van der Waals surface area contributed by atoms with Gasteiger partial charge in [0.25, 0.3) is 11.5 Å². The summed E-state index contributed by atoms with van der Waals surface area (Å²) in [5.41, 5.74) is 5.97. The van der Waals surface area contributed by atoms with E-state index in [2.05, 4.69) is 36.6 Å². The summed E-state index contributed by atoms with van der Waals surface area (Å²) in [5, 5.41) is 0.595. The Morgan fingerprint density at radius 3 is 2.36 bits per heavy atom. The molecule has 0 radical (unpaired) electrons. The van der Waals surface area contributed by atoms with Crippen molar-refractivity contribution in [3.63, 3.8) is 0 Å². The Kier molecular flexibility index (Phi) is 7.47. The number of likely N-dealkylation sites (N-methyl/N-ethyl adjacent to an activating group) is 1. The van der Waals surface area contributed by atoms with Crippen molar-refractivity contribution in [1.29, 1.82) is 0 Å². The van der Waals surface area contributed by atoms with Gasteiger partial charge in [0.05, 0.1) is 21.8 Å². The number of rotatable bonds is 6. The molecule has 1 amide bonds. The van der Waals surface area contributed by atoms with E-state index in [0.29, 0.717) is 38.7 Å². The highest BCUT2D eigenvalue weighted by Gasteiger charge is 2.34. The van der Waals surface area contributed by atoms with Crippen LogP contribution in [-0.2, 0) is 4.79 Å². The first-order chi connectivity index (χ1) is 18.7. The largest absolute Gasteiger partial charge is 0.339 e. The van der Waals surface area contributed by atoms with E-state index in [9.17, 15) is 9.59 Å². The maximum atomic E-state index is 14.0. The lowest BCUT2D eigenvalue weighted by molar-refractivity contribution is -0.127. The van der Waals surface area contributed by atoms with Gasteiger partial charge >= 0.3 is 0 Å². The Bertz CT molecular complexity index is 1760. The van der Waals surface area contributed by atoms with Crippen molar-refractivity contribution in [2.75, 3.05) is 13.1 Å². The predicted octanol–water partition coefficient (Wildman–Crippen LogP) is 5.16. The maximum absolute atomic E-state index is 14.0. The van der Waals surface area contributed by atoms with Crippen molar-refractivity contribution in [2.24, 2.45) is 4.99 Å². The molecule has 8 heteroatoms. The second-order valence-corrected chi connectivity index (χ2v) is 11.1. The van der Waals surface area contributed by atoms with E-state index in [0.717, 1.165) is 28.2 Å². The molecule has 2 aromatic carbocycles. The van der Waals surface area contributed by atoms with Crippen molar-refractivity contribution < 1.29 is 4.79 Å². The molecule has 6 nitrogen and oxygen atoms in total. The molecule has 0 N–H and O–H groups in total. The van der Waals surface area contributed by atoms with Crippen LogP contribution >= 0.6 is 22.9 Å². The zero-order chi connectivity index (χ0) is 27.8. The number of allylic oxidation sites excluding steroid dienone is 1. The minimum atomic E-state index is -0.592. The van der Waals surface area contributed by atoms with Crippen molar-refractivity contribution in [2.45, 2.75) is 40.7 Å². The first-order valence-corrected chi connectivity index (χ1v) is 14.3. The lowest BCUT2D eigenvalue weighted by atomic mass is 9.94. The van der Waals surface area contributed by atoms with Crippen molar-refractivity contribution in [1.82, 2.24) is 14.0 Å². The van der Waals surface area contributed by atoms with Crippen LogP contribution in [0, 0.1) is 13.8 Å². The summed E-state index contributed by atoms with van der Waals surface area (Å²) in [7, 11) is 0. The Morgan fingerprint density at radius 2 is 1.72 bits per heavy atom. The number of aromatic nitrogens is 2. The number of carbonyl (C=O) groups excluding carboxylic acids is 1. The molecule has 0 aliphatic carbocycles. The Balaban J connectivity index is 1.70. The van der Waals surface area contributed by atoms with Crippen molar-refractivity contribution in [3.8, 4) is 5.69 Å². The van der Waals surface area contributed by atoms with E-state index in [4.69, 9.17) is 16.6 Å². The van der Waals surface area contributed by atoms with E-state index < -0.39 is 6.04 Å². The fourth-order valence-electron chi connectivity index (χ4n) is 5.29. The molecule has 0 saturated carbocycles. The summed E-state index contributed by atoms with van der Waals surface area (Å²) >= 11 is 7.54. The fourth-order valence-corrected chi connectivity index (χ4v) is 6.45. The Morgan fingerprint density at radius 1 is 1.05 bits per heavy atom. The van der Waals surface area contributed by atoms with Gasteiger partial charge in [-0.2, -0.15) is 0 Å². The molecule has 39 heavy (non-hydrogen) atoms. The number of hydrogen-bond acceptors (Lipinski definition) is 4. The van der Waals surface area contributed by atoms with Crippen LogP contribution in [0.1, 0.15) is 49.3 Å². The first-order valence-electron chi connectivity index (χ1n) is 13.1. The third kappa shape index (κ3) is 4.81. The minimum Gasteiger partial charge on any atom is -0.339 e. The number of aryl methyl sites for hydroxylation is 1. The quantitative estimate of drug-likeness (QED) is 0.328. The lowest BCUT2D eigenvalue weighted by Gasteiger charge is -2.29. The van der Waals surface area contributed by atoms with Crippen LogP contribution in [-0.4, -0.2) is 33.0 Å². The smallest absolute Gasteiger partial charge is 0.271 e. The van der Waals surface area contributed by atoms with E-state index in [1.54, 1.807) is 21.6 Å². The molecule has 4 aromatic rings. The molecule has 200 valence electrons. The summed E-state index contributed by atoms with van der Waals surface area (Å²) in [6.07, 6.45) is 1.94. The molecule has 0 bridgehead atoms. The van der Waals surface area contributed by atoms with E-state index in [-0.39, 0.29) is 11.5 Å². The summed E-state index contributed by atoms with van der Waals surface area (Å²) in [4.78, 5) is 34.9. The summed E-state index contributed by atoms with van der Waals surface area (Å²) < 4.78 is 4.43. The summed E-state index contributed by atoms with van der Waals surface area (Å²) in [5.74, 6) is -0.109. The Labute approximate surface area is 236 Å². The number of fused-ring (bicyclic) bond motifs is 1. The van der Waals surface area contributed by atoms with Gasteiger partial charge in [-0.3, -0.25) is 14.2 Å². The normalized spacial score (nSPS) is 15.3. The van der Waals surface area contributed by atoms with Gasteiger partial charge in [0.15, 0.2) is 4.80 Å². The van der Waals surface area contributed by atoms with Gasteiger partial charge in [-0.15, -0.1) is 0 Å². The molecule has 0 fully saturated rings. The van der Waals surface area contributed by atoms with Crippen LogP contribution in [0.2, 0.25) is 5.02 Å². The highest BCUT2D eigenvalue weighted by atomic mass is 35.5. The van der Waals surface area contributed by atoms with Gasteiger partial charge < -0.3 is 9.47 Å². The third-order valence-corrected chi connectivity index (χ3v) is 8.49. The number of thiazole rings is 1. The monoisotopic (exact) mass is 558 g/mol. The minimum absolute atomic E-state index is 0.109. The number of para-hydroxylation sites is 1. The van der Waals surface area contributed by atoms with Crippen molar-refractivity contribution >= 4 is 34.9 Å². The molecular weight excluding hydrogens is 528 g/mol. The molecule has 0 spiro atoms. The number of halogens is 1. The van der Waals surface area contributed by atoms with E-state index in [1.165, 1.54) is 11.3 Å². The first kappa shape index (κ1) is 26.9. The van der Waals surface area contributed by atoms with Crippen LogP contribution in [0.5, 0.6) is 0 Å². The molecular formula is C31H31ClN4O2S. The number of hydrogen-bond donors (Lipinski definition) is 0. The Hall–Kier alpha value is -3.68. The molecule has 1 atom stereocenters. The summed E-state index contributed by atoms with van der Waals surface area (Å²) in [6.45, 7) is 11.0. The molecule has 0 saturated heterocycles. The number of benzene rings is 2. The topological polar surface area (TPSA) is 59.6 Å². The predicted molar refractivity (Wildman–Crippen MR) is 158 cm³/mol. The van der Waals surface area contributed by atoms with Gasteiger partial charge in [0.1, 0.15) is 0 Å². The van der Waals surface area contributed by atoms with Crippen LogP contribution in [0.25, 0.3) is 11.8 Å². The second-order valence-electron chi connectivity index (χ2n) is 9.61. The highest BCUT2D eigenvalue weighted by Crippen LogP contribution is 2.32. The molecule has 0 unspecified atom stereocenters. The molecule has 1 aliphatic rings. The van der Waals surface area contributed by atoms with Gasteiger partial charge in [-0.25, -0.2) is 4.99 Å². The summed E-state index contributed by atoms with van der Waals surface area (Å²) in [6, 6.07) is 19.0. The van der Waals surface area contributed by atoms with Crippen LogP contribution in [0.4, 0.5) is 0 Å². The van der Waals surface area contributed by atoms with Gasteiger partial charge in [0.2, 0.25) is 0 Å². The molecule has 2 aromatic heterocycles. The lowest BCUT2D eigenvalue weighted by Crippen LogP contribution is -2.43. The zero-order valence-electron chi connectivity index (χ0n) is 22.7. The molecule has 3 heterocycles. The van der Waals surface area contributed by atoms with Gasteiger partial charge in [0, 0.05) is 35.2 Å². The second kappa shape index (κ2) is 10.8. The fraction of sp³-hybridized carbons (Fsp3) is 0.258. The van der Waals surface area contributed by atoms with Crippen LogP contribution < -0.4 is 14.9 Å². The standard InChI is InChI=1S/C31H31ClN4O2S/c1-6-34(7-2)30(38)27-20(4)33-31-36(28(27)22-13-15-24(32)16-14-22)29(37)26(39-31)18-23-17-19(3)35(21(23)5)25-11-9-8-10-12-25/h8-18,28H,6-7H2,1-5H3/b26-18+/t28-/m0/s1. The maximum Gasteiger partial charge on any atom is 0.271 e. The zero-order valence-corrected chi connectivity index (χ0v) is 24.3. The SMILES string of the molecule is CCN(CC)C(=O)C1=C(C)N=c2s/c(=C/c3cc(C)n(-c4ccccc4)c3C)c(=O)n2[C@H]1c1ccc(Cl)cc1. The van der Waals surface area contributed by atoms with Crippen molar-refractivity contribution in [3.05, 3.63) is 119 Å². The van der Waals surface area contributed by atoms with Gasteiger partial charge in [-0.1, -0.05) is 53.3 Å². The van der Waals surface area contributed by atoms with Crippen LogP contribution in [0.3, 0.4) is 0 Å². The number of amides is 1. The number of carbonyl (C=O) groups is 1. The molecule has 1 aliphatic heterocycles.